The minimum absolute atomic E-state index is 0.0629. The Bertz CT molecular complexity index is 732. The molecular formula is C27H41N. The van der Waals surface area contributed by atoms with Crippen LogP contribution in [0.1, 0.15) is 105 Å². The smallest absolute Gasteiger partial charge is 0.0699 e. The highest BCUT2D eigenvalue weighted by Gasteiger charge is 2.59. The van der Waals surface area contributed by atoms with Crippen molar-refractivity contribution < 1.29 is 0 Å². The van der Waals surface area contributed by atoms with E-state index in [0.29, 0.717) is 5.41 Å². The molecule has 1 nitrogen and oxygen atoms in total. The Morgan fingerprint density at radius 1 is 1.11 bits per heavy atom. The molecule has 4 aliphatic rings. The lowest BCUT2D eigenvalue weighted by atomic mass is 9.45. The van der Waals surface area contributed by atoms with Gasteiger partial charge in [-0.1, -0.05) is 56.4 Å². The van der Waals surface area contributed by atoms with Crippen LogP contribution in [0.3, 0.4) is 0 Å². The Morgan fingerprint density at radius 2 is 1.86 bits per heavy atom. The maximum absolute atomic E-state index is 10.2. The first kappa shape index (κ1) is 20.3. The van der Waals surface area contributed by atoms with Crippen molar-refractivity contribution in [2.75, 3.05) is 0 Å². The molecule has 0 N–H and O–H groups in total. The molecule has 2 fully saturated rings. The summed E-state index contributed by atoms with van der Waals surface area (Å²) in [5.41, 5.74) is 5.66. The van der Waals surface area contributed by atoms with Gasteiger partial charge in [0.1, 0.15) is 0 Å². The molecule has 0 aromatic heterocycles. The van der Waals surface area contributed by atoms with E-state index in [2.05, 4.69) is 46.8 Å². The second-order valence-electron chi connectivity index (χ2n) is 11.5. The molecule has 28 heavy (non-hydrogen) atoms. The standard InChI is InChI=1S/C27H41N/c1-19(2)8-9-20(3)22-10-11-23-21-12-17-27(18-28)15-7-6-14-26(27,5)24(21)13-16-25(22,23)4/h8,20,22-23H,6-7,9-17H2,1-5H3/t20-,22-,23+,25-,26-,27-/m1/s1. The summed E-state index contributed by atoms with van der Waals surface area (Å²) in [4.78, 5) is 0. The lowest BCUT2D eigenvalue weighted by Crippen LogP contribution is -2.49. The van der Waals surface area contributed by atoms with Crippen LogP contribution < -0.4 is 0 Å². The van der Waals surface area contributed by atoms with Crippen LogP contribution in [0.2, 0.25) is 0 Å². The van der Waals surface area contributed by atoms with Crippen molar-refractivity contribution in [2.45, 2.75) is 105 Å². The van der Waals surface area contributed by atoms with Crippen molar-refractivity contribution in [1.29, 1.82) is 5.26 Å². The molecule has 6 atom stereocenters. The summed E-state index contributed by atoms with van der Waals surface area (Å²) in [5, 5.41) is 10.2. The van der Waals surface area contributed by atoms with E-state index in [4.69, 9.17) is 0 Å². The van der Waals surface area contributed by atoms with E-state index in [9.17, 15) is 5.26 Å². The van der Waals surface area contributed by atoms with Gasteiger partial charge in [-0.15, -0.1) is 0 Å². The summed E-state index contributed by atoms with van der Waals surface area (Å²) in [6.07, 6.45) is 16.5. The third-order valence-electron chi connectivity index (χ3n) is 10.0. The number of nitriles is 1. The zero-order chi connectivity index (χ0) is 20.2. The molecule has 0 bridgehead atoms. The van der Waals surface area contributed by atoms with Crippen LogP contribution in [-0.2, 0) is 0 Å². The molecule has 0 spiro atoms. The predicted octanol–water partition coefficient (Wildman–Crippen LogP) is 7.99. The molecule has 0 aliphatic heterocycles. The van der Waals surface area contributed by atoms with Gasteiger partial charge < -0.3 is 0 Å². The first-order chi connectivity index (χ1) is 13.3. The molecule has 4 rings (SSSR count). The number of rotatable bonds is 3. The molecule has 154 valence electrons. The van der Waals surface area contributed by atoms with E-state index in [0.717, 1.165) is 30.6 Å². The highest BCUT2D eigenvalue weighted by molar-refractivity contribution is 5.38. The molecule has 0 radical (unpaired) electrons. The molecule has 0 aromatic rings. The van der Waals surface area contributed by atoms with Gasteiger partial charge in [0.25, 0.3) is 0 Å². The molecule has 0 unspecified atom stereocenters. The third kappa shape index (κ3) is 2.77. The van der Waals surface area contributed by atoms with E-state index in [-0.39, 0.29) is 10.8 Å². The fourth-order valence-corrected chi connectivity index (χ4v) is 8.28. The molecule has 0 saturated heterocycles. The van der Waals surface area contributed by atoms with Crippen molar-refractivity contribution in [2.24, 2.45) is 34.0 Å². The van der Waals surface area contributed by atoms with Crippen molar-refractivity contribution in [1.82, 2.24) is 0 Å². The fraction of sp³-hybridized carbons (Fsp3) is 0.815. The lowest BCUT2D eigenvalue weighted by Gasteiger charge is -2.57. The van der Waals surface area contributed by atoms with Crippen molar-refractivity contribution in [3.05, 3.63) is 22.8 Å². The van der Waals surface area contributed by atoms with Gasteiger partial charge in [0.15, 0.2) is 0 Å². The lowest BCUT2D eigenvalue weighted by molar-refractivity contribution is 0.0330. The van der Waals surface area contributed by atoms with Crippen molar-refractivity contribution in [3.63, 3.8) is 0 Å². The Balaban J connectivity index is 1.66. The number of hydrogen-bond acceptors (Lipinski definition) is 1. The van der Waals surface area contributed by atoms with Crippen molar-refractivity contribution in [3.8, 4) is 6.07 Å². The largest absolute Gasteiger partial charge is 0.198 e. The fourth-order valence-electron chi connectivity index (χ4n) is 8.28. The SMILES string of the molecule is CC(C)=CC[C@@H](C)[C@H]1CC[C@H]2C3=C(CC[C@]12C)[C@@]1(C)CCCC[C@]1(C#N)CC3. The summed E-state index contributed by atoms with van der Waals surface area (Å²) in [5.74, 6) is 2.45. The van der Waals surface area contributed by atoms with E-state index < -0.39 is 0 Å². The predicted molar refractivity (Wildman–Crippen MR) is 118 cm³/mol. The molecule has 0 aromatic carbocycles. The highest BCUT2D eigenvalue weighted by Crippen LogP contribution is 2.68. The number of hydrogen-bond donors (Lipinski definition) is 0. The molecule has 0 heterocycles. The second-order valence-corrected chi connectivity index (χ2v) is 11.5. The van der Waals surface area contributed by atoms with Gasteiger partial charge >= 0.3 is 0 Å². The molecular weight excluding hydrogens is 338 g/mol. The van der Waals surface area contributed by atoms with E-state index in [1.54, 1.807) is 5.57 Å². The maximum atomic E-state index is 10.2. The van der Waals surface area contributed by atoms with Gasteiger partial charge in [-0.3, -0.25) is 0 Å². The second kappa shape index (κ2) is 7.04. The van der Waals surface area contributed by atoms with Gasteiger partial charge in [-0.05, 0) is 94.8 Å². The average Bonchev–Trinajstić information content (AvgIpc) is 3.03. The zero-order valence-electron chi connectivity index (χ0n) is 19.0. The normalized spacial score (nSPS) is 43.4. The van der Waals surface area contributed by atoms with Crippen LogP contribution in [0.4, 0.5) is 0 Å². The van der Waals surface area contributed by atoms with Crippen LogP contribution in [-0.4, -0.2) is 0 Å². The number of nitrogens with zero attached hydrogens (tertiary/aromatic N) is 1. The monoisotopic (exact) mass is 379 g/mol. The minimum atomic E-state index is -0.0629. The minimum Gasteiger partial charge on any atom is -0.198 e. The number of fused-ring (bicyclic) bond motifs is 4. The first-order valence-corrected chi connectivity index (χ1v) is 12.0. The summed E-state index contributed by atoms with van der Waals surface area (Å²) < 4.78 is 0. The Morgan fingerprint density at radius 3 is 2.57 bits per heavy atom. The van der Waals surface area contributed by atoms with E-state index in [1.165, 1.54) is 63.4 Å². The number of allylic oxidation sites excluding steroid dienone is 4. The highest BCUT2D eigenvalue weighted by atomic mass is 14.6. The molecule has 4 aliphatic carbocycles. The van der Waals surface area contributed by atoms with Crippen LogP contribution >= 0.6 is 0 Å². The Kier molecular flexibility index (Phi) is 5.09. The van der Waals surface area contributed by atoms with Crippen LogP contribution in [0.25, 0.3) is 0 Å². The molecule has 1 heteroatoms. The topological polar surface area (TPSA) is 23.8 Å². The van der Waals surface area contributed by atoms with Gasteiger partial charge in [-0.25, -0.2) is 0 Å². The van der Waals surface area contributed by atoms with Crippen LogP contribution in [0.15, 0.2) is 22.8 Å². The van der Waals surface area contributed by atoms with Crippen LogP contribution in [0, 0.1) is 45.3 Å². The summed E-state index contributed by atoms with van der Waals surface area (Å²) in [6, 6.07) is 2.88. The molecule has 0 amide bonds. The summed E-state index contributed by atoms with van der Waals surface area (Å²) >= 11 is 0. The first-order valence-electron chi connectivity index (χ1n) is 12.0. The van der Waals surface area contributed by atoms with E-state index in [1.807, 2.05) is 5.57 Å². The summed E-state index contributed by atoms with van der Waals surface area (Å²) in [6.45, 7) is 12.1. The van der Waals surface area contributed by atoms with Crippen LogP contribution in [0.5, 0.6) is 0 Å². The zero-order valence-corrected chi connectivity index (χ0v) is 19.0. The average molecular weight is 380 g/mol. The van der Waals surface area contributed by atoms with Crippen molar-refractivity contribution >= 4 is 0 Å². The van der Waals surface area contributed by atoms with Gasteiger partial charge in [-0.2, -0.15) is 5.26 Å². The van der Waals surface area contributed by atoms with Gasteiger partial charge in [0.2, 0.25) is 0 Å². The third-order valence-corrected chi connectivity index (χ3v) is 10.0. The van der Waals surface area contributed by atoms with E-state index >= 15 is 0 Å². The maximum Gasteiger partial charge on any atom is 0.0699 e. The summed E-state index contributed by atoms with van der Waals surface area (Å²) in [7, 11) is 0. The van der Waals surface area contributed by atoms with Gasteiger partial charge in [0, 0.05) is 5.41 Å². The van der Waals surface area contributed by atoms with Gasteiger partial charge in [0.05, 0.1) is 11.5 Å². The Hall–Kier alpha value is -1.03. The molecule has 2 saturated carbocycles. The Labute approximate surface area is 173 Å². The quantitative estimate of drug-likeness (QED) is 0.456.